The van der Waals surface area contributed by atoms with E-state index in [9.17, 15) is 13.2 Å². The zero-order chi connectivity index (χ0) is 18.0. The lowest BCUT2D eigenvalue weighted by atomic mass is 10.1. The first kappa shape index (κ1) is 20.6. The van der Waals surface area contributed by atoms with Crippen molar-refractivity contribution in [3.05, 3.63) is 36.2 Å². The molecule has 1 atom stereocenters. The number of halogens is 1. The molecule has 0 aliphatic carbocycles. The minimum absolute atomic E-state index is 0. The van der Waals surface area contributed by atoms with Crippen molar-refractivity contribution in [2.24, 2.45) is 0 Å². The molecule has 7 nitrogen and oxygen atoms in total. The van der Waals surface area contributed by atoms with E-state index < -0.39 is 10.0 Å². The monoisotopic (exact) mass is 399 g/mol. The molecule has 2 heterocycles. The van der Waals surface area contributed by atoms with Crippen molar-refractivity contribution >= 4 is 39.1 Å². The predicted octanol–water partition coefficient (Wildman–Crippen LogP) is 1.49. The van der Waals surface area contributed by atoms with Gasteiger partial charge in [0, 0.05) is 49.4 Å². The number of fused-ring (bicyclic) bond motifs is 1. The summed E-state index contributed by atoms with van der Waals surface area (Å²) in [5.41, 5.74) is 0.820. The zero-order valence-electron chi connectivity index (χ0n) is 14.6. The Hall–Kier alpha value is -1.74. The molecule has 1 fully saturated rings. The first-order chi connectivity index (χ1) is 11.9. The second-order valence-electron chi connectivity index (χ2n) is 6.16. The first-order valence-electron chi connectivity index (χ1n) is 8.05. The molecule has 1 saturated heterocycles. The lowest BCUT2D eigenvalue weighted by Crippen LogP contribution is -2.40. The lowest BCUT2D eigenvalue weighted by molar-refractivity contribution is -0.125. The maximum atomic E-state index is 13.1. The van der Waals surface area contributed by atoms with Crippen LogP contribution < -0.4 is 5.32 Å². The van der Waals surface area contributed by atoms with E-state index in [4.69, 9.17) is 4.74 Å². The summed E-state index contributed by atoms with van der Waals surface area (Å²) in [6.45, 7) is 2.46. The number of hydrogen-bond acceptors (Lipinski definition) is 5. The fraction of sp³-hybridized carbons (Fsp3) is 0.412. The average Bonchev–Trinajstić information content (AvgIpc) is 3.04. The average molecular weight is 400 g/mol. The van der Waals surface area contributed by atoms with Crippen LogP contribution in [0, 0.1) is 6.92 Å². The Labute approximate surface area is 159 Å². The van der Waals surface area contributed by atoms with Crippen LogP contribution >= 0.6 is 12.4 Å². The number of carbonyl (C=O) groups excluding carboxylic acids is 1. The Morgan fingerprint density at radius 3 is 2.88 bits per heavy atom. The van der Waals surface area contributed by atoms with Crippen molar-refractivity contribution in [1.29, 1.82) is 0 Å². The van der Waals surface area contributed by atoms with Crippen LogP contribution in [0.5, 0.6) is 0 Å². The standard InChI is InChI=1S/C17H21N3O4S.ClH/c1-12-8-18-9-13-4-3-5-15(17(12)13)25(22,23)20-7-6-14(10-20)19-16(21)11-24-2;/h3-5,8-9,14H,6-7,10-11H2,1-2H3,(H,19,21);1H/t14-;/m0./s1. The molecule has 1 N–H and O–H groups in total. The highest BCUT2D eigenvalue weighted by Crippen LogP contribution is 2.29. The van der Waals surface area contributed by atoms with Gasteiger partial charge >= 0.3 is 0 Å². The van der Waals surface area contributed by atoms with Gasteiger partial charge in [0.05, 0.1) is 4.90 Å². The third-order valence-electron chi connectivity index (χ3n) is 4.34. The number of pyridine rings is 1. The normalized spacial score (nSPS) is 17.8. The fourth-order valence-electron chi connectivity index (χ4n) is 3.19. The first-order valence-corrected chi connectivity index (χ1v) is 9.49. The number of benzene rings is 1. The number of ether oxygens (including phenoxy) is 1. The van der Waals surface area contributed by atoms with Crippen molar-refractivity contribution in [1.82, 2.24) is 14.6 Å². The van der Waals surface area contributed by atoms with Crippen molar-refractivity contribution in [3.63, 3.8) is 0 Å². The summed E-state index contributed by atoms with van der Waals surface area (Å²) < 4.78 is 32.5. The minimum atomic E-state index is -3.65. The van der Waals surface area contributed by atoms with Crippen LogP contribution in [-0.4, -0.2) is 56.5 Å². The molecule has 3 rings (SSSR count). The summed E-state index contributed by atoms with van der Waals surface area (Å²) in [5.74, 6) is -0.237. The quantitative estimate of drug-likeness (QED) is 0.822. The highest BCUT2D eigenvalue weighted by molar-refractivity contribution is 7.89. The van der Waals surface area contributed by atoms with Gasteiger partial charge in [-0.2, -0.15) is 4.31 Å². The van der Waals surface area contributed by atoms with Gasteiger partial charge in [-0.3, -0.25) is 9.78 Å². The molecule has 1 amide bonds. The van der Waals surface area contributed by atoms with E-state index in [1.54, 1.807) is 24.5 Å². The van der Waals surface area contributed by atoms with Crippen molar-refractivity contribution < 1.29 is 17.9 Å². The molecular weight excluding hydrogens is 378 g/mol. The van der Waals surface area contributed by atoms with Gasteiger partial charge < -0.3 is 10.1 Å². The summed E-state index contributed by atoms with van der Waals surface area (Å²) in [4.78, 5) is 16.0. The Kier molecular flexibility index (Phi) is 6.57. The largest absolute Gasteiger partial charge is 0.375 e. The number of sulfonamides is 1. The second kappa shape index (κ2) is 8.30. The van der Waals surface area contributed by atoms with Gasteiger partial charge in [-0.25, -0.2) is 8.42 Å². The number of nitrogens with zero attached hydrogens (tertiary/aromatic N) is 2. The fourth-order valence-corrected chi connectivity index (χ4v) is 4.98. The van der Waals surface area contributed by atoms with Gasteiger partial charge in [-0.15, -0.1) is 12.4 Å². The third-order valence-corrected chi connectivity index (χ3v) is 6.25. The number of aromatic nitrogens is 1. The van der Waals surface area contributed by atoms with Crippen molar-refractivity contribution in [2.45, 2.75) is 24.3 Å². The minimum Gasteiger partial charge on any atom is -0.375 e. The van der Waals surface area contributed by atoms with Crippen LogP contribution in [0.15, 0.2) is 35.5 Å². The molecule has 26 heavy (non-hydrogen) atoms. The number of hydrogen-bond donors (Lipinski definition) is 1. The molecule has 0 spiro atoms. The van der Waals surface area contributed by atoms with Crippen LogP contribution in [-0.2, 0) is 19.6 Å². The van der Waals surface area contributed by atoms with Crippen molar-refractivity contribution in [2.75, 3.05) is 26.8 Å². The van der Waals surface area contributed by atoms with Crippen LogP contribution in [0.1, 0.15) is 12.0 Å². The number of nitrogens with one attached hydrogen (secondary N) is 1. The molecule has 9 heteroatoms. The Balaban J connectivity index is 0.00000243. The van der Waals surface area contributed by atoms with Gasteiger partial charge in [-0.05, 0) is 25.0 Å². The van der Waals surface area contributed by atoms with E-state index in [-0.39, 0.29) is 42.4 Å². The van der Waals surface area contributed by atoms with Crippen LogP contribution in [0.4, 0.5) is 0 Å². The smallest absolute Gasteiger partial charge is 0.246 e. The van der Waals surface area contributed by atoms with Crippen LogP contribution in [0.3, 0.4) is 0 Å². The molecule has 1 aromatic heterocycles. The van der Waals surface area contributed by atoms with Gasteiger partial charge in [-0.1, -0.05) is 12.1 Å². The molecule has 0 bridgehead atoms. The van der Waals surface area contributed by atoms with Gasteiger partial charge in [0.2, 0.25) is 15.9 Å². The predicted molar refractivity (Wildman–Crippen MR) is 101 cm³/mol. The number of aryl methyl sites for hydroxylation is 1. The molecular formula is C17H22ClN3O4S. The highest BCUT2D eigenvalue weighted by atomic mass is 35.5. The van der Waals surface area contributed by atoms with Crippen LogP contribution in [0.2, 0.25) is 0 Å². The summed E-state index contributed by atoms with van der Waals surface area (Å²) in [6.07, 6.45) is 3.91. The Morgan fingerprint density at radius 2 is 2.15 bits per heavy atom. The van der Waals surface area contributed by atoms with E-state index in [1.165, 1.54) is 11.4 Å². The molecule has 0 saturated carbocycles. The van der Waals surface area contributed by atoms with E-state index in [0.717, 1.165) is 10.9 Å². The molecule has 0 unspecified atom stereocenters. The third kappa shape index (κ3) is 3.98. The van der Waals surface area contributed by atoms with Gasteiger partial charge in [0.25, 0.3) is 0 Å². The number of methoxy groups -OCH3 is 1. The van der Waals surface area contributed by atoms with E-state index in [0.29, 0.717) is 18.4 Å². The second-order valence-corrected chi connectivity index (χ2v) is 8.07. The molecule has 0 radical (unpaired) electrons. The SMILES string of the molecule is COCC(=O)N[C@H]1CCN(S(=O)(=O)c2cccc3cncc(C)c23)C1.Cl. The molecule has 142 valence electrons. The molecule has 1 aliphatic heterocycles. The topological polar surface area (TPSA) is 88.6 Å². The molecule has 1 aromatic carbocycles. The van der Waals surface area contributed by atoms with Gasteiger partial charge in [0.1, 0.15) is 6.61 Å². The van der Waals surface area contributed by atoms with E-state index >= 15 is 0 Å². The zero-order valence-corrected chi connectivity index (χ0v) is 16.3. The molecule has 2 aromatic rings. The lowest BCUT2D eigenvalue weighted by Gasteiger charge is -2.19. The van der Waals surface area contributed by atoms with E-state index in [1.807, 2.05) is 13.0 Å². The highest BCUT2D eigenvalue weighted by Gasteiger charge is 2.34. The summed E-state index contributed by atoms with van der Waals surface area (Å²) in [5, 5.41) is 4.30. The molecule has 1 aliphatic rings. The Morgan fingerprint density at radius 1 is 1.38 bits per heavy atom. The summed E-state index contributed by atoms with van der Waals surface area (Å²) >= 11 is 0. The van der Waals surface area contributed by atoms with Crippen LogP contribution in [0.25, 0.3) is 10.8 Å². The Bertz CT molecular complexity index is 899. The van der Waals surface area contributed by atoms with Crippen molar-refractivity contribution in [3.8, 4) is 0 Å². The number of amides is 1. The number of carbonyl (C=O) groups is 1. The summed E-state index contributed by atoms with van der Waals surface area (Å²) in [7, 11) is -2.20. The maximum absolute atomic E-state index is 13.1. The number of rotatable bonds is 5. The van der Waals surface area contributed by atoms with E-state index in [2.05, 4.69) is 10.3 Å². The van der Waals surface area contributed by atoms with Gasteiger partial charge in [0.15, 0.2) is 0 Å². The maximum Gasteiger partial charge on any atom is 0.246 e. The summed E-state index contributed by atoms with van der Waals surface area (Å²) in [6, 6.07) is 5.01.